The van der Waals surface area contributed by atoms with Crippen molar-refractivity contribution in [3.63, 3.8) is 0 Å². The van der Waals surface area contributed by atoms with Gasteiger partial charge in [0.25, 0.3) is 0 Å². The Kier molecular flexibility index (Phi) is 3.65. The van der Waals surface area contributed by atoms with Gasteiger partial charge < -0.3 is 20.5 Å². The molecule has 3 rings (SSSR count). The van der Waals surface area contributed by atoms with Crippen molar-refractivity contribution in [1.82, 2.24) is 14.8 Å². The van der Waals surface area contributed by atoms with Gasteiger partial charge in [-0.05, 0) is 19.1 Å². The average molecular weight is 315 g/mol. The number of rotatable bonds is 4. The third kappa shape index (κ3) is 2.37. The van der Waals surface area contributed by atoms with Gasteiger partial charge in [0.15, 0.2) is 0 Å². The lowest BCUT2D eigenvalue weighted by molar-refractivity contribution is -0.115. The normalized spacial score (nSPS) is 16.6. The molecule has 1 aromatic heterocycles. The minimum atomic E-state index is -0.529. The van der Waals surface area contributed by atoms with Crippen molar-refractivity contribution in [3.05, 3.63) is 41.4 Å². The summed E-state index contributed by atoms with van der Waals surface area (Å²) in [4.78, 5) is 16.2. The number of hydrogen-bond donors (Lipinski definition) is 2. The maximum Gasteiger partial charge on any atom is 0.248 e. The zero-order valence-electron chi connectivity index (χ0n) is 13.0. The Labute approximate surface area is 132 Å². The van der Waals surface area contributed by atoms with E-state index in [0.29, 0.717) is 28.7 Å². The Morgan fingerprint density at radius 1 is 1.35 bits per heavy atom. The maximum atomic E-state index is 12.0. The van der Waals surface area contributed by atoms with Gasteiger partial charge in [-0.25, -0.2) is 4.68 Å². The lowest BCUT2D eigenvalue weighted by Crippen LogP contribution is -2.32. The summed E-state index contributed by atoms with van der Waals surface area (Å²) in [6.45, 7) is 1.78. The van der Waals surface area contributed by atoms with Crippen LogP contribution in [0.1, 0.15) is 18.5 Å². The van der Waals surface area contributed by atoms with Crippen molar-refractivity contribution in [1.29, 1.82) is 0 Å². The number of aromatic nitrogens is 3. The van der Waals surface area contributed by atoms with Crippen LogP contribution in [-0.2, 0) is 4.79 Å². The molecular weight excluding hydrogens is 298 g/mol. The van der Waals surface area contributed by atoms with Crippen LogP contribution in [0.5, 0.6) is 11.5 Å². The molecule has 1 aromatic carbocycles. The predicted octanol–water partition coefficient (Wildman–Crippen LogP) is 1.07. The van der Waals surface area contributed by atoms with Crippen LogP contribution in [0.4, 0.5) is 5.95 Å². The summed E-state index contributed by atoms with van der Waals surface area (Å²) in [5.74, 6) is 1.23. The first-order valence-electron chi connectivity index (χ1n) is 6.95. The molecule has 1 atom stereocenters. The zero-order chi connectivity index (χ0) is 16.6. The molecule has 3 N–H and O–H groups in total. The number of nitrogens with two attached hydrogens (primary N) is 1. The fourth-order valence-electron chi connectivity index (χ4n) is 2.74. The average Bonchev–Trinajstić information content (AvgIpc) is 3.00. The Bertz CT molecular complexity index is 796. The highest BCUT2D eigenvalue weighted by atomic mass is 16.5. The van der Waals surface area contributed by atoms with Crippen molar-refractivity contribution >= 4 is 11.9 Å². The molecule has 0 unspecified atom stereocenters. The van der Waals surface area contributed by atoms with E-state index in [4.69, 9.17) is 15.2 Å². The molecule has 120 valence electrons. The number of fused-ring (bicyclic) bond motifs is 1. The maximum absolute atomic E-state index is 12.0. The summed E-state index contributed by atoms with van der Waals surface area (Å²) in [6.07, 6.45) is 1.42. The van der Waals surface area contributed by atoms with E-state index in [1.807, 2.05) is 6.07 Å². The van der Waals surface area contributed by atoms with Crippen LogP contribution in [0.3, 0.4) is 0 Å². The SMILES string of the molecule is COc1ccc([C@@H]2C(C(N)=O)=C(C)Nc3ncnn32)c(OC)c1. The van der Waals surface area contributed by atoms with Gasteiger partial charge in [-0.3, -0.25) is 4.79 Å². The van der Waals surface area contributed by atoms with E-state index in [-0.39, 0.29) is 0 Å². The number of nitrogens with zero attached hydrogens (tertiary/aromatic N) is 3. The largest absolute Gasteiger partial charge is 0.497 e. The fourth-order valence-corrected chi connectivity index (χ4v) is 2.74. The van der Waals surface area contributed by atoms with Crippen LogP contribution in [0, 0.1) is 0 Å². The van der Waals surface area contributed by atoms with E-state index < -0.39 is 11.9 Å². The molecule has 0 bridgehead atoms. The van der Waals surface area contributed by atoms with Gasteiger partial charge in [-0.1, -0.05) is 0 Å². The number of nitrogens with one attached hydrogen (secondary N) is 1. The van der Waals surface area contributed by atoms with Crippen molar-refractivity contribution in [2.45, 2.75) is 13.0 Å². The van der Waals surface area contributed by atoms with Gasteiger partial charge in [-0.2, -0.15) is 10.1 Å². The minimum absolute atomic E-state index is 0.409. The molecule has 0 spiro atoms. The van der Waals surface area contributed by atoms with Gasteiger partial charge in [-0.15, -0.1) is 0 Å². The number of benzene rings is 1. The number of methoxy groups -OCH3 is 2. The molecule has 23 heavy (non-hydrogen) atoms. The smallest absolute Gasteiger partial charge is 0.248 e. The van der Waals surface area contributed by atoms with Crippen LogP contribution in [0.15, 0.2) is 35.8 Å². The summed E-state index contributed by atoms with van der Waals surface area (Å²) >= 11 is 0. The molecule has 0 saturated carbocycles. The first-order valence-corrected chi connectivity index (χ1v) is 6.95. The van der Waals surface area contributed by atoms with Crippen molar-refractivity contribution < 1.29 is 14.3 Å². The molecule has 2 aromatic rings. The number of hydrogen-bond acceptors (Lipinski definition) is 6. The van der Waals surface area contributed by atoms with Crippen LogP contribution in [-0.4, -0.2) is 34.9 Å². The summed E-state index contributed by atoms with van der Waals surface area (Å²) < 4.78 is 12.3. The second-order valence-electron chi connectivity index (χ2n) is 5.07. The highest BCUT2D eigenvalue weighted by molar-refractivity contribution is 5.95. The molecule has 8 heteroatoms. The first kappa shape index (κ1) is 14.9. The summed E-state index contributed by atoms with van der Waals surface area (Å²) in [6, 6.07) is 4.86. The molecule has 1 aliphatic heterocycles. The molecule has 0 fully saturated rings. The number of primary amides is 1. The first-order chi connectivity index (χ1) is 11.1. The van der Waals surface area contributed by atoms with Crippen molar-refractivity contribution in [2.24, 2.45) is 5.73 Å². The zero-order valence-corrected chi connectivity index (χ0v) is 13.0. The molecule has 1 amide bonds. The summed E-state index contributed by atoms with van der Waals surface area (Å²) in [7, 11) is 3.13. The van der Waals surface area contributed by atoms with Crippen LogP contribution >= 0.6 is 0 Å². The van der Waals surface area contributed by atoms with Gasteiger partial charge in [0.05, 0.1) is 19.8 Å². The number of carbonyl (C=O) groups excluding carboxylic acids is 1. The Morgan fingerprint density at radius 2 is 2.13 bits per heavy atom. The van der Waals surface area contributed by atoms with E-state index in [2.05, 4.69) is 15.4 Å². The number of ether oxygens (including phenoxy) is 2. The topological polar surface area (TPSA) is 104 Å². The van der Waals surface area contributed by atoms with E-state index in [0.717, 1.165) is 5.56 Å². The van der Waals surface area contributed by atoms with Crippen LogP contribution in [0.25, 0.3) is 0 Å². The van der Waals surface area contributed by atoms with E-state index in [9.17, 15) is 4.79 Å². The van der Waals surface area contributed by atoms with Crippen molar-refractivity contribution in [3.8, 4) is 11.5 Å². The standard InChI is InChI=1S/C15H17N5O3/c1-8-12(14(16)21)13(20-15(19-8)17-7-18-20)10-5-4-9(22-2)6-11(10)23-3/h4-7,13H,1-3H3,(H2,16,21)(H,17,18,19)/t13-/m1/s1. The Hall–Kier alpha value is -3.03. The number of carbonyl (C=O) groups is 1. The molecular formula is C15H17N5O3. The molecule has 8 nitrogen and oxygen atoms in total. The fraction of sp³-hybridized carbons (Fsp3) is 0.267. The Balaban J connectivity index is 2.22. The van der Waals surface area contributed by atoms with Crippen LogP contribution in [0.2, 0.25) is 0 Å². The lowest BCUT2D eigenvalue weighted by atomic mass is 9.94. The molecule has 2 heterocycles. The lowest BCUT2D eigenvalue weighted by Gasteiger charge is -2.28. The molecule has 0 radical (unpaired) electrons. The monoisotopic (exact) mass is 315 g/mol. The quantitative estimate of drug-likeness (QED) is 0.874. The summed E-state index contributed by atoms with van der Waals surface area (Å²) in [5.41, 5.74) is 7.39. The van der Waals surface area contributed by atoms with E-state index in [1.54, 1.807) is 38.0 Å². The van der Waals surface area contributed by atoms with Gasteiger partial charge in [0.2, 0.25) is 11.9 Å². The highest BCUT2D eigenvalue weighted by Crippen LogP contribution is 2.39. The summed E-state index contributed by atoms with van der Waals surface area (Å²) in [5, 5.41) is 7.25. The van der Waals surface area contributed by atoms with Gasteiger partial charge in [0.1, 0.15) is 23.9 Å². The van der Waals surface area contributed by atoms with Gasteiger partial charge >= 0.3 is 0 Å². The second-order valence-corrected chi connectivity index (χ2v) is 5.07. The van der Waals surface area contributed by atoms with E-state index in [1.165, 1.54) is 6.33 Å². The van der Waals surface area contributed by atoms with Gasteiger partial charge in [0, 0.05) is 17.3 Å². The molecule has 0 aliphatic carbocycles. The molecule has 1 aliphatic rings. The third-order valence-corrected chi connectivity index (χ3v) is 3.80. The predicted molar refractivity (Wildman–Crippen MR) is 83.2 cm³/mol. The number of anilines is 1. The third-order valence-electron chi connectivity index (χ3n) is 3.80. The Morgan fingerprint density at radius 3 is 2.78 bits per heavy atom. The highest BCUT2D eigenvalue weighted by Gasteiger charge is 2.34. The van der Waals surface area contributed by atoms with Crippen molar-refractivity contribution in [2.75, 3.05) is 19.5 Å². The number of amides is 1. The van der Waals surface area contributed by atoms with Crippen LogP contribution < -0.4 is 20.5 Å². The second kappa shape index (κ2) is 5.64. The van der Waals surface area contributed by atoms with E-state index >= 15 is 0 Å². The molecule has 0 saturated heterocycles. The number of allylic oxidation sites excluding steroid dienone is 1. The minimum Gasteiger partial charge on any atom is -0.497 e.